The van der Waals surface area contributed by atoms with Crippen LogP contribution in [0.5, 0.6) is 5.75 Å². The van der Waals surface area contributed by atoms with Gasteiger partial charge in [-0.3, -0.25) is 43.3 Å². The van der Waals surface area contributed by atoms with Gasteiger partial charge in [0.2, 0.25) is 35.4 Å². The number of aromatic hydroxyl groups is 1. The molecule has 24 nitrogen and oxygen atoms in total. The number of nitrogens with two attached hydrogens (primary N) is 3. The molecule has 0 radical (unpaired) electrons. The number of benzene rings is 2. The van der Waals surface area contributed by atoms with E-state index in [1.54, 1.807) is 37.3 Å². The zero-order valence-corrected chi connectivity index (χ0v) is 37.3. The van der Waals surface area contributed by atoms with E-state index in [0.29, 0.717) is 17.5 Å². The van der Waals surface area contributed by atoms with Crippen LogP contribution < -0.4 is 49.1 Å². The molecule has 0 saturated heterocycles. The molecule has 67 heavy (non-hydrogen) atoms. The standard InChI is InChI=1S/C43H62N10O14/c1-4-22(2)34(44)40(64)53-35(23(3)54)41(65)52-30(19-24-9-6-5-7-10-24)38(62)50-29(20-25-12-14-26(55)15-13-25)37(61)48-27(16-17-32(56)57)36(60)51-31(21-33(58)59)39(63)49-28(42(66)67)11-8-18-47-43(45)46/h5-7,9-10,12-15,22-23,27-31,34-35,54-55H,4,8,11,16-21,44H2,1-3H3,(H,48,61)(H,49,63)(H,50,62)(H,51,60)(H,52,65)(H,53,64)(H,56,57)(H,58,59)(H,66,67)(H4,45,46,47)/t22-,23+,27-,28-,29-,30-,31-,34-,35-/m0/s1. The Balaban J connectivity index is 2.51. The molecular weight excluding hydrogens is 881 g/mol. The van der Waals surface area contributed by atoms with Crippen molar-refractivity contribution < 1.29 is 68.7 Å². The van der Waals surface area contributed by atoms with Gasteiger partial charge >= 0.3 is 17.9 Å². The van der Waals surface area contributed by atoms with Crippen LogP contribution in [0.3, 0.4) is 0 Å². The van der Waals surface area contributed by atoms with Gasteiger partial charge in [-0.1, -0.05) is 62.7 Å². The van der Waals surface area contributed by atoms with Crippen LogP contribution in [-0.4, -0.2) is 140 Å². The minimum absolute atomic E-state index is 0.00391. The molecule has 0 aromatic heterocycles. The van der Waals surface area contributed by atoms with Crippen molar-refractivity contribution in [1.82, 2.24) is 31.9 Å². The Bertz CT molecular complexity index is 2050. The van der Waals surface area contributed by atoms with Gasteiger partial charge in [0.15, 0.2) is 5.96 Å². The minimum Gasteiger partial charge on any atom is -0.508 e. The highest BCUT2D eigenvalue weighted by Crippen LogP contribution is 2.14. The van der Waals surface area contributed by atoms with Gasteiger partial charge in [-0.15, -0.1) is 0 Å². The van der Waals surface area contributed by atoms with Crippen molar-refractivity contribution in [3.8, 4) is 5.75 Å². The third kappa shape index (κ3) is 20.2. The summed E-state index contributed by atoms with van der Waals surface area (Å²) in [7, 11) is 0. The highest BCUT2D eigenvalue weighted by Gasteiger charge is 2.36. The summed E-state index contributed by atoms with van der Waals surface area (Å²) in [6, 6.07) is 2.67. The number of carbonyl (C=O) groups is 9. The molecule has 2 rings (SSSR count). The second-order valence-corrected chi connectivity index (χ2v) is 15.8. The summed E-state index contributed by atoms with van der Waals surface area (Å²) < 4.78 is 0. The van der Waals surface area contributed by atoms with Crippen LogP contribution in [0.4, 0.5) is 0 Å². The molecule has 0 unspecified atom stereocenters. The Morgan fingerprint density at radius 2 is 1.10 bits per heavy atom. The molecule has 0 heterocycles. The molecule has 17 N–H and O–H groups in total. The number of aliphatic carboxylic acids is 3. The molecule has 368 valence electrons. The van der Waals surface area contributed by atoms with E-state index < -0.39 is 121 Å². The molecule has 0 bridgehead atoms. The number of aliphatic hydroxyl groups excluding tert-OH is 1. The molecule has 2 aromatic rings. The molecule has 24 heteroatoms. The van der Waals surface area contributed by atoms with Gasteiger partial charge in [-0.25, -0.2) is 4.79 Å². The maximum atomic E-state index is 14.3. The Hall–Kier alpha value is -7.34. The summed E-state index contributed by atoms with van der Waals surface area (Å²) in [6.45, 7) is 4.77. The molecule has 0 fully saturated rings. The fraction of sp³-hybridized carbons (Fsp3) is 0.488. The van der Waals surface area contributed by atoms with E-state index in [4.69, 9.17) is 17.2 Å². The van der Waals surface area contributed by atoms with Gasteiger partial charge in [-0.05, 0) is 55.4 Å². The Morgan fingerprint density at radius 3 is 1.61 bits per heavy atom. The lowest BCUT2D eigenvalue weighted by Crippen LogP contribution is -2.62. The van der Waals surface area contributed by atoms with Crippen LogP contribution in [0.2, 0.25) is 0 Å². The molecule has 0 spiro atoms. The van der Waals surface area contributed by atoms with Gasteiger partial charge < -0.3 is 74.6 Å². The van der Waals surface area contributed by atoms with Crippen molar-refractivity contribution >= 4 is 59.3 Å². The molecule has 9 atom stereocenters. The SMILES string of the molecule is CC[C@H](C)[C@H](N)C(=O)N[C@H](C(=O)N[C@@H](Cc1ccccc1)C(=O)N[C@@H](Cc1ccc(O)cc1)C(=O)N[C@@H](CCC(=O)O)C(=O)N[C@@H](CC(=O)O)C(=O)N[C@@H](CCCN=C(N)N)C(=O)O)[C@@H](C)O. The minimum atomic E-state index is -1.94. The highest BCUT2D eigenvalue weighted by molar-refractivity contribution is 5.98. The predicted molar refractivity (Wildman–Crippen MR) is 239 cm³/mol. The van der Waals surface area contributed by atoms with E-state index >= 15 is 0 Å². The van der Waals surface area contributed by atoms with E-state index in [-0.39, 0.29) is 49.9 Å². The van der Waals surface area contributed by atoms with E-state index in [0.717, 1.165) is 0 Å². The quantitative estimate of drug-likeness (QED) is 0.0224. The number of carboxylic acids is 3. The predicted octanol–water partition coefficient (Wildman–Crippen LogP) is -2.68. The Morgan fingerprint density at radius 1 is 0.612 bits per heavy atom. The lowest BCUT2D eigenvalue weighted by molar-refractivity contribution is -0.144. The van der Waals surface area contributed by atoms with Crippen molar-refractivity contribution in [2.24, 2.45) is 28.1 Å². The van der Waals surface area contributed by atoms with Crippen LogP contribution in [-0.2, 0) is 56.0 Å². The van der Waals surface area contributed by atoms with Gasteiger partial charge in [0.1, 0.15) is 42.0 Å². The summed E-state index contributed by atoms with van der Waals surface area (Å²) >= 11 is 0. The number of carbonyl (C=O) groups excluding carboxylic acids is 6. The monoisotopic (exact) mass is 942 g/mol. The molecule has 6 amide bonds. The number of nitrogens with zero attached hydrogens (tertiary/aromatic N) is 1. The fourth-order valence-corrected chi connectivity index (χ4v) is 6.34. The summed E-state index contributed by atoms with van der Waals surface area (Å²) in [5, 5.41) is 63.4. The fourth-order valence-electron chi connectivity index (χ4n) is 6.34. The van der Waals surface area contributed by atoms with Crippen molar-refractivity contribution in [2.45, 2.75) is 121 Å². The van der Waals surface area contributed by atoms with E-state index in [2.05, 4.69) is 36.9 Å². The zero-order chi connectivity index (χ0) is 50.4. The second-order valence-electron chi connectivity index (χ2n) is 15.8. The average molecular weight is 943 g/mol. The number of nitrogens with one attached hydrogen (secondary N) is 6. The first-order chi connectivity index (χ1) is 31.5. The third-order valence-corrected chi connectivity index (χ3v) is 10.4. The first-order valence-corrected chi connectivity index (χ1v) is 21.3. The smallest absolute Gasteiger partial charge is 0.326 e. The number of aliphatic imine (C=N–C) groups is 1. The molecule has 0 aliphatic rings. The second kappa shape index (κ2) is 27.9. The topological polar surface area (TPSA) is 417 Å². The van der Waals surface area contributed by atoms with Crippen LogP contribution in [0.1, 0.15) is 70.4 Å². The molecule has 0 saturated carbocycles. The number of rotatable bonds is 29. The van der Waals surface area contributed by atoms with Crippen LogP contribution in [0, 0.1) is 5.92 Å². The summed E-state index contributed by atoms with van der Waals surface area (Å²) in [5.41, 5.74) is 17.5. The largest absolute Gasteiger partial charge is 0.508 e. The number of amides is 6. The number of hydrogen-bond acceptors (Lipinski definition) is 13. The van der Waals surface area contributed by atoms with Crippen molar-refractivity contribution in [1.29, 1.82) is 0 Å². The van der Waals surface area contributed by atoms with Gasteiger partial charge in [0.05, 0.1) is 18.6 Å². The van der Waals surface area contributed by atoms with Crippen molar-refractivity contribution in [3.05, 3.63) is 65.7 Å². The lowest BCUT2D eigenvalue weighted by Gasteiger charge is -2.28. The number of phenolic OH excluding ortho intramolecular Hbond substituents is 1. The molecule has 0 aliphatic carbocycles. The van der Waals surface area contributed by atoms with Crippen LogP contribution in [0.25, 0.3) is 0 Å². The van der Waals surface area contributed by atoms with E-state index in [1.165, 1.54) is 31.2 Å². The van der Waals surface area contributed by atoms with Gasteiger partial charge in [-0.2, -0.15) is 0 Å². The van der Waals surface area contributed by atoms with Crippen molar-refractivity contribution in [2.75, 3.05) is 6.54 Å². The molecule has 2 aromatic carbocycles. The van der Waals surface area contributed by atoms with Crippen molar-refractivity contribution in [3.63, 3.8) is 0 Å². The zero-order valence-electron chi connectivity index (χ0n) is 37.3. The first-order valence-electron chi connectivity index (χ1n) is 21.3. The number of carboxylic acid groups (broad SMARTS) is 3. The summed E-state index contributed by atoms with van der Waals surface area (Å²) in [5.74, 6) is -11.5. The van der Waals surface area contributed by atoms with Gasteiger partial charge in [0, 0.05) is 25.8 Å². The van der Waals surface area contributed by atoms with Crippen LogP contribution >= 0.6 is 0 Å². The normalized spacial score (nSPS) is 14.9. The van der Waals surface area contributed by atoms with E-state index in [9.17, 15) is 68.7 Å². The Kier molecular flexibility index (Phi) is 23.2. The first kappa shape index (κ1) is 55.8. The summed E-state index contributed by atoms with van der Waals surface area (Å²) in [6.07, 6.45) is -4.04. The van der Waals surface area contributed by atoms with E-state index in [1.807, 2.05) is 6.92 Å². The number of phenols is 1. The number of aliphatic hydroxyl groups is 1. The highest BCUT2D eigenvalue weighted by atomic mass is 16.4. The summed E-state index contributed by atoms with van der Waals surface area (Å²) in [4.78, 5) is 121. The Labute approximate surface area is 385 Å². The maximum absolute atomic E-state index is 14.3. The molecule has 0 aliphatic heterocycles. The third-order valence-electron chi connectivity index (χ3n) is 10.4. The number of guanidine groups is 1. The maximum Gasteiger partial charge on any atom is 0.326 e. The average Bonchev–Trinajstić information content (AvgIpc) is 3.26. The molecular formula is C43H62N10O14. The van der Waals surface area contributed by atoms with Crippen LogP contribution in [0.15, 0.2) is 59.6 Å². The lowest BCUT2D eigenvalue weighted by atomic mass is 9.98. The van der Waals surface area contributed by atoms with Gasteiger partial charge in [0.25, 0.3) is 0 Å². The number of hydrogen-bond donors (Lipinski definition) is 14.